The molecule has 0 aliphatic rings. The Morgan fingerprint density at radius 2 is 1.79 bits per heavy atom. The molecule has 0 fully saturated rings. The van der Waals surface area contributed by atoms with E-state index in [0.717, 1.165) is 0 Å². The molecular formula is C14H17Cl3N4O3. The smallest absolute Gasteiger partial charge is 0.291 e. The molecule has 10 heteroatoms. The molecule has 2 N–H and O–H groups in total. The molecule has 2 rings (SSSR count). The van der Waals surface area contributed by atoms with Crippen LogP contribution in [0.1, 0.15) is 11.5 Å². The fourth-order valence-corrected chi connectivity index (χ4v) is 2.37. The maximum absolute atomic E-state index is 8.92. The van der Waals surface area contributed by atoms with Gasteiger partial charge in [-0.2, -0.15) is 9.98 Å². The molecule has 0 saturated carbocycles. The highest BCUT2D eigenvalue weighted by atomic mass is 35.5. The average Bonchev–Trinajstić information content (AvgIpc) is 2.97. The van der Waals surface area contributed by atoms with Crippen molar-refractivity contribution in [3.05, 3.63) is 39.7 Å². The van der Waals surface area contributed by atoms with Crippen LogP contribution in [0.15, 0.2) is 27.7 Å². The highest BCUT2D eigenvalue weighted by molar-refractivity contribution is 6.36. The standard InChI is InChI=1S/C14H16Cl2N4O3.ClH/c15-11-2-1-3-12(16)10(11)8-13-18-14(19-23-13)17-9-20(4-6-21)5-7-22;/h1-3,9,21-22H,4-8H2;1H/b17-9+;. The van der Waals surface area contributed by atoms with Gasteiger partial charge in [0.1, 0.15) is 0 Å². The molecule has 0 unspecified atom stereocenters. The summed E-state index contributed by atoms with van der Waals surface area (Å²) in [5.41, 5.74) is 0.706. The predicted molar refractivity (Wildman–Crippen MR) is 94.7 cm³/mol. The quantitative estimate of drug-likeness (QED) is 0.526. The number of aliphatic hydroxyl groups excluding tert-OH is 2. The Kier molecular flexibility index (Phi) is 9.02. The molecule has 2 aromatic rings. The Labute approximate surface area is 155 Å². The van der Waals surface area contributed by atoms with Gasteiger partial charge in [0.05, 0.1) is 26.0 Å². The highest BCUT2D eigenvalue weighted by Gasteiger charge is 2.12. The van der Waals surface area contributed by atoms with Crippen LogP contribution in [0, 0.1) is 0 Å². The van der Waals surface area contributed by atoms with Crippen LogP contribution < -0.4 is 0 Å². The van der Waals surface area contributed by atoms with Crippen molar-refractivity contribution in [3.8, 4) is 0 Å². The minimum absolute atomic E-state index is 0. The maximum atomic E-state index is 8.92. The molecule has 0 radical (unpaired) electrons. The van der Waals surface area contributed by atoms with Crippen LogP contribution in [0.4, 0.5) is 5.95 Å². The van der Waals surface area contributed by atoms with E-state index in [9.17, 15) is 0 Å². The summed E-state index contributed by atoms with van der Waals surface area (Å²) in [6, 6.07) is 5.23. The first kappa shape index (κ1) is 20.7. The number of halogens is 3. The van der Waals surface area contributed by atoms with E-state index in [1.165, 1.54) is 6.34 Å². The molecule has 0 aliphatic carbocycles. The van der Waals surface area contributed by atoms with Gasteiger partial charge in [-0.15, -0.1) is 12.4 Å². The molecule has 0 atom stereocenters. The molecule has 1 aromatic carbocycles. The van der Waals surface area contributed by atoms with Gasteiger partial charge in [-0.25, -0.2) is 0 Å². The third kappa shape index (κ3) is 5.92. The summed E-state index contributed by atoms with van der Waals surface area (Å²) >= 11 is 12.2. The van der Waals surface area contributed by atoms with E-state index in [0.29, 0.717) is 41.0 Å². The van der Waals surface area contributed by atoms with Crippen molar-refractivity contribution in [1.82, 2.24) is 15.0 Å². The molecule has 0 amide bonds. The van der Waals surface area contributed by atoms with Crippen molar-refractivity contribution in [2.24, 2.45) is 4.99 Å². The predicted octanol–water partition coefficient (Wildman–Crippen LogP) is 2.34. The van der Waals surface area contributed by atoms with Crippen LogP contribution >= 0.6 is 35.6 Å². The molecule has 132 valence electrons. The van der Waals surface area contributed by atoms with Crippen LogP contribution in [0.2, 0.25) is 10.0 Å². The van der Waals surface area contributed by atoms with E-state index >= 15 is 0 Å². The summed E-state index contributed by atoms with van der Waals surface area (Å²) in [7, 11) is 0. The second-order valence-corrected chi connectivity index (χ2v) is 5.41. The van der Waals surface area contributed by atoms with Gasteiger partial charge in [0, 0.05) is 23.1 Å². The molecule has 0 aliphatic heterocycles. The van der Waals surface area contributed by atoms with Gasteiger partial charge in [0.2, 0.25) is 5.89 Å². The van der Waals surface area contributed by atoms with Crippen LogP contribution in [0.5, 0.6) is 0 Å². The van der Waals surface area contributed by atoms with E-state index in [1.807, 2.05) is 0 Å². The van der Waals surface area contributed by atoms with E-state index < -0.39 is 0 Å². The Hall–Kier alpha value is -1.38. The lowest BCUT2D eigenvalue weighted by atomic mass is 10.1. The minimum Gasteiger partial charge on any atom is -0.395 e. The van der Waals surface area contributed by atoms with Gasteiger partial charge in [-0.1, -0.05) is 29.3 Å². The molecule has 24 heavy (non-hydrogen) atoms. The number of nitrogens with zero attached hydrogens (tertiary/aromatic N) is 4. The number of rotatable bonds is 8. The lowest BCUT2D eigenvalue weighted by Crippen LogP contribution is -2.28. The zero-order valence-electron chi connectivity index (χ0n) is 12.6. The van der Waals surface area contributed by atoms with E-state index in [-0.39, 0.29) is 31.6 Å². The lowest BCUT2D eigenvalue weighted by Gasteiger charge is -2.15. The molecular weight excluding hydrogens is 379 g/mol. The summed E-state index contributed by atoms with van der Waals surface area (Å²) in [6.45, 7) is 0.608. The molecule has 0 spiro atoms. The summed E-state index contributed by atoms with van der Waals surface area (Å²) < 4.78 is 5.12. The Balaban J connectivity index is 0.00000288. The van der Waals surface area contributed by atoms with Crippen LogP contribution in [0.25, 0.3) is 0 Å². The molecule has 7 nitrogen and oxygen atoms in total. The Morgan fingerprint density at radius 1 is 1.17 bits per heavy atom. The fourth-order valence-electron chi connectivity index (χ4n) is 1.84. The summed E-state index contributed by atoms with van der Waals surface area (Å²) in [5.74, 6) is 0.479. The molecule has 0 saturated heterocycles. The van der Waals surface area contributed by atoms with Gasteiger partial charge in [0.25, 0.3) is 5.95 Å². The normalized spacial score (nSPS) is 10.8. The van der Waals surface area contributed by atoms with Crippen molar-refractivity contribution in [2.45, 2.75) is 6.42 Å². The molecule has 1 aromatic heterocycles. The SMILES string of the molecule is Cl.OCCN(/C=N/c1noc(Cc2c(Cl)cccc2Cl)n1)CCO. The van der Waals surface area contributed by atoms with Gasteiger partial charge in [0.15, 0.2) is 0 Å². The number of aromatic nitrogens is 2. The third-order valence-electron chi connectivity index (χ3n) is 2.96. The van der Waals surface area contributed by atoms with Crippen molar-refractivity contribution < 1.29 is 14.7 Å². The zero-order chi connectivity index (χ0) is 16.7. The number of aliphatic imine (C=N–C) groups is 1. The van der Waals surface area contributed by atoms with Crippen LogP contribution in [-0.4, -0.2) is 57.9 Å². The van der Waals surface area contributed by atoms with Gasteiger partial charge in [-0.05, 0) is 22.9 Å². The first-order chi connectivity index (χ1) is 11.1. The maximum Gasteiger partial charge on any atom is 0.291 e. The average molecular weight is 396 g/mol. The Bertz CT molecular complexity index is 640. The van der Waals surface area contributed by atoms with Gasteiger partial charge >= 0.3 is 0 Å². The van der Waals surface area contributed by atoms with Crippen molar-refractivity contribution in [2.75, 3.05) is 26.3 Å². The summed E-state index contributed by atoms with van der Waals surface area (Å²) in [4.78, 5) is 9.82. The number of hydrogen-bond donors (Lipinski definition) is 2. The highest BCUT2D eigenvalue weighted by Crippen LogP contribution is 2.26. The van der Waals surface area contributed by atoms with E-state index in [2.05, 4.69) is 15.1 Å². The first-order valence-electron chi connectivity index (χ1n) is 6.89. The van der Waals surface area contributed by atoms with Crippen molar-refractivity contribution in [3.63, 3.8) is 0 Å². The number of hydrogen-bond acceptors (Lipinski definition) is 6. The third-order valence-corrected chi connectivity index (χ3v) is 3.67. The first-order valence-corrected chi connectivity index (χ1v) is 7.65. The van der Waals surface area contributed by atoms with E-state index in [1.54, 1.807) is 23.1 Å². The van der Waals surface area contributed by atoms with Crippen LogP contribution in [0.3, 0.4) is 0 Å². The van der Waals surface area contributed by atoms with Crippen molar-refractivity contribution >= 4 is 47.9 Å². The number of aliphatic hydroxyl groups is 2. The minimum atomic E-state index is -0.0471. The molecule has 0 bridgehead atoms. The number of benzene rings is 1. The Morgan fingerprint density at radius 3 is 2.38 bits per heavy atom. The monoisotopic (exact) mass is 394 g/mol. The largest absolute Gasteiger partial charge is 0.395 e. The van der Waals surface area contributed by atoms with Crippen LogP contribution in [-0.2, 0) is 6.42 Å². The topological polar surface area (TPSA) is 95.0 Å². The summed E-state index contributed by atoms with van der Waals surface area (Å²) in [6.07, 6.45) is 1.75. The second-order valence-electron chi connectivity index (χ2n) is 4.59. The zero-order valence-corrected chi connectivity index (χ0v) is 14.9. The van der Waals surface area contributed by atoms with Gasteiger partial charge in [-0.3, -0.25) is 0 Å². The summed E-state index contributed by atoms with van der Waals surface area (Å²) in [5, 5.41) is 22.6. The molecule has 1 heterocycles. The van der Waals surface area contributed by atoms with E-state index in [4.69, 9.17) is 37.9 Å². The van der Waals surface area contributed by atoms with Crippen molar-refractivity contribution in [1.29, 1.82) is 0 Å². The second kappa shape index (κ2) is 10.5. The lowest BCUT2D eigenvalue weighted by molar-refractivity contribution is 0.215. The fraction of sp³-hybridized carbons (Fsp3) is 0.357. The van der Waals surface area contributed by atoms with Gasteiger partial charge < -0.3 is 19.6 Å².